The van der Waals surface area contributed by atoms with Crippen LogP contribution in [-0.4, -0.2) is 24.5 Å². The number of nitrogens with zero attached hydrogens (tertiary/aromatic N) is 1. The molecular formula is C13H25N. The molecule has 2 aliphatic rings. The Balaban J connectivity index is 1.73. The van der Waals surface area contributed by atoms with Gasteiger partial charge in [0.25, 0.3) is 0 Å². The first kappa shape index (κ1) is 10.5. The summed E-state index contributed by atoms with van der Waals surface area (Å²) in [4.78, 5) is 2.66. The Morgan fingerprint density at radius 3 is 2.14 bits per heavy atom. The van der Waals surface area contributed by atoms with E-state index in [2.05, 4.69) is 18.7 Å². The first-order valence-corrected chi connectivity index (χ1v) is 6.49. The van der Waals surface area contributed by atoms with Crippen LogP contribution in [0.2, 0.25) is 0 Å². The van der Waals surface area contributed by atoms with Crippen LogP contribution in [0.5, 0.6) is 0 Å². The van der Waals surface area contributed by atoms with Gasteiger partial charge in [-0.25, -0.2) is 0 Å². The van der Waals surface area contributed by atoms with Crippen molar-refractivity contribution in [2.75, 3.05) is 19.6 Å². The van der Waals surface area contributed by atoms with E-state index in [4.69, 9.17) is 0 Å². The van der Waals surface area contributed by atoms with Gasteiger partial charge in [0.15, 0.2) is 0 Å². The highest BCUT2D eigenvalue weighted by Crippen LogP contribution is 2.38. The van der Waals surface area contributed by atoms with Crippen LogP contribution in [0.3, 0.4) is 0 Å². The average Bonchev–Trinajstić information content (AvgIpc) is 2.76. The van der Waals surface area contributed by atoms with Crippen LogP contribution in [0.15, 0.2) is 0 Å². The van der Waals surface area contributed by atoms with E-state index in [0.29, 0.717) is 0 Å². The number of hydrogen-bond donors (Lipinski definition) is 0. The molecule has 0 radical (unpaired) electrons. The van der Waals surface area contributed by atoms with Crippen molar-refractivity contribution >= 4 is 0 Å². The van der Waals surface area contributed by atoms with Crippen LogP contribution in [-0.2, 0) is 0 Å². The van der Waals surface area contributed by atoms with Crippen molar-refractivity contribution < 1.29 is 0 Å². The Bertz CT molecular complexity index is 162. The first-order valence-electron chi connectivity index (χ1n) is 6.49. The zero-order chi connectivity index (χ0) is 9.97. The van der Waals surface area contributed by atoms with E-state index in [1.54, 1.807) is 0 Å². The van der Waals surface area contributed by atoms with Crippen molar-refractivity contribution in [1.29, 1.82) is 0 Å². The maximum atomic E-state index is 2.66. The summed E-state index contributed by atoms with van der Waals surface area (Å²) in [6.45, 7) is 9.03. The highest BCUT2D eigenvalue weighted by molar-refractivity contribution is 4.81. The molecule has 1 saturated carbocycles. The number of likely N-dealkylation sites (tertiary alicyclic amines) is 1. The Morgan fingerprint density at radius 2 is 1.57 bits per heavy atom. The van der Waals surface area contributed by atoms with Crippen LogP contribution in [0, 0.1) is 17.8 Å². The second-order valence-electron chi connectivity index (χ2n) is 5.53. The molecule has 2 fully saturated rings. The van der Waals surface area contributed by atoms with Crippen molar-refractivity contribution in [3.63, 3.8) is 0 Å². The Kier molecular flexibility index (Phi) is 3.48. The van der Waals surface area contributed by atoms with Crippen molar-refractivity contribution in [2.24, 2.45) is 17.8 Å². The quantitative estimate of drug-likeness (QED) is 0.668. The van der Waals surface area contributed by atoms with Crippen LogP contribution < -0.4 is 0 Å². The van der Waals surface area contributed by atoms with Gasteiger partial charge in [-0.2, -0.15) is 0 Å². The van der Waals surface area contributed by atoms with Gasteiger partial charge < -0.3 is 4.90 Å². The molecule has 0 N–H and O–H groups in total. The maximum Gasteiger partial charge on any atom is -0.00159 e. The van der Waals surface area contributed by atoms with Gasteiger partial charge in [-0.15, -0.1) is 0 Å². The summed E-state index contributed by atoms with van der Waals surface area (Å²) in [5, 5.41) is 0. The molecule has 1 aliphatic heterocycles. The smallest absolute Gasteiger partial charge is 0.00159 e. The molecule has 1 heterocycles. The molecule has 0 aromatic rings. The van der Waals surface area contributed by atoms with Gasteiger partial charge in [0.1, 0.15) is 0 Å². The molecule has 1 aliphatic carbocycles. The third-order valence-corrected chi connectivity index (χ3v) is 4.52. The molecule has 0 amide bonds. The molecule has 0 aromatic heterocycles. The fourth-order valence-electron chi connectivity index (χ4n) is 3.42. The van der Waals surface area contributed by atoms with Gasteiger partial charge >= 0.3 is 0 Å². The summed E-state index contributed by atoms with van der Waals surface area (Å²) in [7, 11) is 0. The molecule has 1 saturated heterocycles. The third kappa shape index (κ3) is 2.31. The molecule has 1 heteroatoms. The van der Waals surface area contributed by atoms with E-state index < -0.39 is 0 Å². The number of hydrogen-bond acceptors (Lipinski definition) is 1. The van der Waals surface area contributed by atoms with E-state index in [-0.39, 0.29) is 0 Å². The predicted molar refractivity (Wildman–Crippen MR) is 61.3 cm³/mol. The summed E-state index contributed by atoms with van der Waals surface area (Å²) in [6, 6.07) is 0. The standard InChI is InChI=1S/C13H25N/c1-11-5-6-12(2)13(11)7-10-14-8-3-4-9-14/h11-13H,3-10H2,1-2H3. The summed E-state index contributed by atoms with van der Waals surface area (Å²) in [6.07, 6.45) is 7.30. The lowest BCUT2D eigenvalue weighted by Gasteiger charge is -2.23. The largest absolute Gasteiger partial charge is 0.303 e. The van der Waals surface area contributed by atoms with E-state index in [1.807, 2.05) is 0 Å². The lowest BCUT2D eigenvalue weighted by molar-refractivity contribution is 0.252. The van der Waals surface area contributed by atoms with Crippen LogP contribution in [0.4, 0.5) is 0 Å². The summed E-state index contributed by atoms with van der Waals surface area (Å²) in [5.41, 5.74) is 0. The third-order valence-electron chi connectivity index (χ3n) is 4.52. The van der Waals surface area contributed by atoms with E-state index in [1.165, 1.54) is 51.7 Å². The summed E-state index contributed by atoms with van der Waals surface area (Å²) in [5.74, 6) is 3.01. The topological polar surface area (TPSA) is 3.24 Å². The normalized spacial score (nSPS) is 39.4. The van der Waals surface area contributed by atoms with Gasteiger partial charge in [-0.1, -0.05) is 26.7 Å². The molecule has 1 nitrogen and oxygen atoms in total. The second-order valence-corrected chi connectivity index (χ2v) is 5.53. The number of rotatable bonds is 3. The molecule has 2 atom stereocenters. The molecule has 0 spiro atoms. The van der Waals surface area contributed by atoms with Gasteiger partial charge in [0.2, 0.25) is 0 Å². The lowest BCUT2D eigenvalue weighted by Crippen LogP contribution is -2.24. The fraction of sp³-hybridized carbons (Fsp3) is 1.00. The van der Waals surface area contributed by atoms with Gasteiger partial charge in [-0.3, -0.25) is 0 Å². The summed E-state index contributed by atoms with van der Waals surface area (Å²) >= 11 is 0. The maximum absolute atomic E-state index is 2.66. The van der Waals surface area contributed by atoms with E-state index in [9.17, 15) is 0 Å². The minimum atomic E-state index is 0.993. The van der Waals surface area contributed by atoms with Gasteiger partial charge in [0, 0.05) is 0 Å². The molecule has 0 bridgehead atoms. The van der Waals surface area contributed by atoms with E-state index in [0.717, 1.165) is 17.8 Å². The zero-order valence-corrected chi connectivity index (χ0v) is 9.84. The second kappa shape index (κ2) is 4.65. The SMILES string of the molecule is CC1CCC(C)C1CCN1CCCC1. The molecule has 82 valence electrons. The highest BCUT2D eigenvalue weighted by Gasteiger charge is 2.30. The molecule has 2 unspecified atom stereocenters. The predicted octanol–water partition coefficient (Wildman–Crippen LogP) is 3.15. The van der Waals surface area contributed by atoms with Crippen molar-refractivity contribution in [1.82, 2.24) is 4.90 Å². The minimum Gasteiger partial charge on any atom is -0.303 e. The van der Waals surface area contributed by atoms with Gasteiger partial charge in [0.05, 0.1) is 0 Å². The van der Waals surface area contributed by atoms with Crippen molar-refractivity contribution in [3.8, 4) is 0 Å². The fourth-order valence-corrected chi connectivity index (χ4v) is 3.42. The average molecular weight is 195 g/mol. The van der Waals surface area contributed by atoms with Crippen LogP contribution in [0.25, 0.3) is 0 Å². The van der Waals surface area contributed by atoms with Crippen molar-refractivity contribution in [3.05, 3.63) is 0 Å². The van der Waals surface area contributed by atoms with Gasteiger partial charge in [-0.05, 0) is 56.7 Å². The zero-order valence-electron chi connectivity index (χ0n) is 9.84. The highest BCUT2D eigenvalue weighted by atomic mass is 15.1. The first-order chi connectivity index (χ1) is 6.77. The van der Waals surface area contributed by atoms with Crippen LogP contribution >= 0.6 is 0 Å². The minimum absolute atomic E-state index is 0.993. The van der Waals surface area contributed by atoms with Crippen LogP contribution in [0.1, 0.15) is 46.0 Å². The Labute approximate surface area is 88.9 Å². The Hall–Kier alpha value is -0.0400. The monoisotopic (exact) mass is 195 g/mol. The summed E-state index contributed by atoms with van der Waals surface area (Å²) < 4.78 is 0. The molecule has 14 heavy (non-hydrogen) atoms. The molecule has 0 aromatic carbocycles. The Morgan fingerprint density at radius 1 is 1.00 bits per heavy atom. The lowest BCUT2D eigenvalue weighted by atomic mass is 9.88. The van der Waals surface area contributed by atoms with E-state index >= 15 is 0 Å². The molecular weight excluding hydrogens is 170 g/mol. The molecule has 2 rings (SSSR count). The van der Waals surface area contributed by atoms with Crippen molar-refractivity contribution in [2.45, 2.75) is 46.0 Å².